The first-order valence-corrected chi connectivity index (χ1v) is 8.03. The van der Waals surface area contributed by atoms with Gasteiger partial charge in [0.1, 0.15) is 6.04 Å². The number of nitrogens with one attached hydrogen (secondary N) is 1. The topological polar surface area (TPSA) is 72.9 Å². The van der Waals surface area contributed by atoms with Gasteiger partial charge in [0.25, 0.3) is 0 Å². The monoisotopic (exact) mass is 297 g/mol. The van der Waals surface area contributed by atoms with E-state index in [0.29, 0.717) is 25.4 Å². The summed E-state index contributed by atoms with van der Waals surface area (Å²) in [5.41, 5.74) is 0. The molecule has 0 bridgehead atoms. The number of nitrogens with zero attached hydrogens (tertiary/aromatic N) is 2. The van der Waals surface area contributed by atoms with E-state index in [1.54, 1.807) is 0 Å². The number of aliphatic carboxylic acids is 1. The van der Waals surface area contributed by atoms with Crippen LogP contribution in [-0.4, -0.2) is 66.2 Å². The van der Waals surface area contributed by atoms with Crippen LogP contribution in [0.15, 0.2) is 0 Å². The van der Waals surface area contributed by atoms with Crippen molar-refractivity contribution >= 4 is 12.0 Å². The third kappa shape index (κ3) is 4.59. The third-order valence-electron chi connectivity index (χ3n) is 4.56. The third-order valence-corrected chi connectivity index (χ3v) is 4.56. The number of rotatable bonds is 3. The predicted molar refractivity (Wildman–Crippen MR) is 80.2 cm³/mol. The molecule has 2 saturated heterocycles. The highest BCUT2D eigenvalue weighted by molar-refractivity contribution is 5.82. The number of carboxylic acids is 1. The van der Waals surface area contributed by atoms with Crippen LogP contribution < -0.4 is 5.32 Å². The highest BCUT2D eigenvalue weighted by Crippen LogP contribution is 2.18. The highest BCUT2D eigenvalue weighted by atomic mass is 16.4. The minimum absolute atomic E-state index is 0.211. The molecular weight excluding hydrogens is 270 g/mol. The molecule has 6 heteroatoms. The van der Waals surface area contributed by atoms with E-state index in [4.69, 9.17) is 0 Å². The molecule has 120 valence electrons. The van der Waals surface area contributed by atoms with Crippen molar-refractivity contribution in [2.45, 2.75) is 44.6 Å². The average Bonchev–Trinajstić information content (AvgIpc) is 2.70. The predicted octanol–water partition coefficient (Wildman–Crippen LogP) is 1.37. The zero-order chi connectivity index (χ0) is 15.2. The van der Waals surface area contributed by atoms with Gasteiger partial charge >= 0.3 is 12.0 Å². The van der Waals surface area contributed by atoms with Gasteiger partial charge in [-0.25, -0.2) is 9.59 Å². The maximum absolute atomic E-state index is 12.3. The number of urea groups is 1. The molecule has 0 radical (unpaired) electrons. The number of piperidine rings is 1. The van der Waals surface area contributed by atoms with Gasteiger partial charge in [-0.3, -0.25) is 0 Å². The molecule has 2 unspecified atom stereocenters. The molecule has 0 aliphatic carbocycles. The first kappa shape index (κ1) is 16.1. The first-order chi connectivity index (χ1) is 10.1. The molecule has 0 saturated carbocycles. The van der Waals surface area contributed by atoms with Gasteiger partial charge in [-0.2, -0.15) is 0 Å². The van der Waals surface area contributed by atoms with Crippen LogP contribution in [0.2, 0.25) is 0 Å². The van der Waals surface area contributed by atoms with Crippen molar-refractivity contribution in [2.75, 3.05) is 33.2 Å². The molecule has 0 aromatic rings. The van der Waals surface area contributed by atoms with Gasteiger partial charge in [0.05, 0.1) is 0 Å². The Kier molecular flexibility index (Phi) is 5.85. The van der Waals surface area contributed by atoms with E-state index in [9.17, 15) is 14.7 Å². The van der Waals surface area contributed by atoms with Gasteiger partial charge in [-0.1, -0.05) is 12.8 Å². The van der Waals surface area contributed by atoms with Crippen LogP contribution in [0.25, 0.3) is 0 Å². The average molecular weight is 297 g/mol. The van der Waals surface area contributed by atoms with E-state index in [1.807, 2.05) is 0 Å². The van der Waals surface area contributed by atoms with Crippen molar-refractivity contribution in [3.05, 3.63) is 0 Å². The van der Waals surface area contributed by atoms with Crippen LogP contribution in [0, 0.1) is 5.92 Å². The standard InChI is InChI=1S/C15H27N3O3/c1-17-8-5-6-12(11-17)10-16-15(21)18-9-4-2-3-7-13(18)14(19)20/h12-13H,2-11H2,1H3,(H,16,21)(H,19,20). The minimum Gasteiger partial charge on any atom is -0.480 e. The van der Waals surface area contributed by atoms with E-state index < -0.39 is 12.0 Å². The van der Waals surface area contributed by atoms with E-state index in [-0.39, 0.29) is 6.03 Å². The van der Waals surface area contributed by atoms with Crippen LogP contribution in [0.1, 0.15) is 38.5 Å². The van der Waals surface area contributed by atoms with Crippen molar-refractivity contribution < 1.29 is 14.7 Å². The quantitative estimate of drug-likeness (QED) is 0.825. The number of carbonyl (C=O) groups is 2. The summed E-state index contributed by atoms with van der Waals surface area (Å²) in [6, 6.07) is -0.876. The molecule has 2 atom stereocenters. The fourth-order valence-electron chi connectivity index (χ4n) is 3.38. The summed E-state index contributed by atoms with van der Waals surface area (Å²) < 4.78 is 0. The Hall–Kier alpha value is -1.30. The zero-order valence-electron chi connectivity index (χ0n) is 12.9. The number of carbonyl (C=O) groups excluding carboxylic acids is 1. The molecule has 2 heterocycles. The van der Waals surface area contributed by atoms with Crippen LogP contribution in [0.4, 0.5) is 4.79 Å². The second kappa shape index (κ2) is 7.64. The second-order valence-corrected chi connectivity index (χ2v) is 6.35. The van der Waals surface area contributed by atoms with E-state index in [0.717, 1.165) is 38.8 Å². The Morgan fingerprint density at radius 2 is 1.95 bits per heavy atom. The lowest BCUT2D eigenvalue weighted by atomic mass is 9.98. The summed E-state index contributed by atoms with van der Waals surface area (Å²) in [5, 5.41) is 12.3. The fraction of sp³-hybridized carbons (Fsp3) is 0.867. The van der Waals surface area contributed by atoms with Crippen LogP contribution in [0.3, 0.4) is 0 Å². The Morgan fingerprint density at radius 3 is 2.67 bits per heavy atom. The lowest BCUT2D eigenvalue weighted by Gasteiger charge is -2.31. The van der Waals surface area contributed by atoms with Gasteiger partial charge in [0, 0.05) is 19.6 Å². The molecule has 2 rings (SSSR count). The van der Waals surface area contributed by atoms with Crippen LogP contribution >= 0.6 is 0 Å². The number of carboxylic acid groups (broad SMARTS) is 1. The Balaban J connectivity index is 1.86. The molecule has 0 aromatic heterocycles. The molecule has 2 aliphatic rings. The second-order valence-electron chi connectivity index (χ2n) is 6.35. The first-order valence-electron chi connectivity index (χ1n) is 8.03. The van der Waals surface area contributed by atoms with Crippen molar-refractivity contribution in [3.8, 4) is 0 Å². The Labute approximate surface area is 126 Å². The largest absolute Gasteiger partial charge is 0.480 e. The summed E-state index contributed by atoms with van der Waals surface area (Å²) in [7, 11) is 2.10. The smallest absolute Gasteiger partial charge is 0.326 e. The van der Waals surface area contributed by atoms with Gasteiger partial charge in [-0.15, -0.1) is 0 Å². The van der Waals surface area contributed by atoms with Gasteiger partial charge in [0.2, 0.25) is 0 Å². The minimum atomic E-state index is -0.885. The molecule has 0 aromatic carbocycles. The summed E-state index contributed by atoms with van der Waals surface area (Å²) in [4.78, 5) is 27.5. The Bertz CT molecular complexity index is 375. The van der Waals surface area contributed by atoms with E-state index >= 15 is 0 Å². The Morgan fingerprint density at radius 1 is 1.14 bits per heavy atom. The van der Waals surface area contributed by atoms with Crippen LogP contribution in [-0.2, 0) is 4.79 Å². The summed E-state index contributed by atoms with van der Waals surface area (Å²) in [6.07, 6.45) is 5.64. The van der Waals surface area contributed by atoms with E-state index in [2.05, 4.69) is 17.3 Å². The molecule has 21 heavy (non-hydrogen) atoms. The van der Waals surface area contributed by atoms with E-state index in [1.165, 1.54) is 11.3 Å². The summed E-state index contributed by atoms with van der Waals surface area (Å²) in [6.45, 7) is 3.32. The summed E-state index contributed by atoms with van der Waals surface area (Å²) >= 11 is 0. The number of amides is 2. The number of likely N-dealkylation sites (tertiary alicyclic amines) is 2. The van der Waals surface area contributed by atoms with Crippen molar-refractivity contribution in [1.82, 2.24) is 15.1 Å². The molecule has 0 spiro atoms. The summed E-state index contributed by atoms with van der Waals surface area (Å²) in [5.74, 6) is -0.410. The normalized spacial score (nSPS) is 28.0. The fourth-order valence-corrected chi connectivity index (χ4v) is 3.38. The molecule has 2 aliphatic heterocycles. The lowest BCUT2D eigenvalue weighted by molar-refractivity contribution is -0.142. The lowest BCUT2D eigenvalue weighted by Crippen LogP contribution is -2.50. The maximum Gasteiger partial charge on any atom is 0.326 e. The number of hydrogen-bond acceptors (Lipinski definition) is 3. The molecule has 6 nitrogen and oxygen atoms in total. The molecular formula is C15H27N3O3. The SMILES string of the molecule is CN1CCCC(CNC(=O)N2CCCCCC2C(=O)O)C1. The molecule has 2 N–H and O–H groups in total. The molecule has 2 fully saturated rings. The van der Waals surface area contributed by atoms with Gasteiger partial charge < -0.3 is 20.2 Å². The van der Waals surface area contributed by atoms with Gasteiger partial charge in [-0.05, 0) is 45.2 Å². The van der Waals surface area contributed by atoms with Crippen molar-refractivity contribution in [2.24, 2.45) is 5.92 Å². The molecule has 2 amide bonds. The highest BCUT2D eigenvalue weighted by Gasteiger charge is 2.31. The van der Waals surface area contributed by atoms with Crippen molar-refractivity contribution in [3.63, 3.8) is 0 Å². The van der Waals surface area contributed by atoms with Gasteiger partial charge in [0.15, 0.2) is 0 Å². The van der Waals surface area contributed by atoms with Crippen molar-refractivity contribution in [1.29, 1.82) is 0 Å². The zero-order valence-corrected chi connectivity index (χ0v) is 12.9. The number of hydrogen-bond donors (Lipinski definition) is 2. The van der Waals surface area contributed by atoms with Crippen LogP contribution in [0.5, 0.6) is 0 Å². The maximum atomic E-state index is 12.3.